The summed E-state index contributed by atoms with van der Waals surface area (Å²) in [5.41, 5.74) is 3.01. The van der Waals surface area contributed by atoms with Gasteiger partial charge in [-0.2, -0.15) is 0 Å². The molecule has 0 aliphatic heterocycles. The number of carbonyl (C=O) groups excluding carboxylic acids is 1. The largest absolute Gasteiger partial charge is 0.488 e. The van der Waals surface area contributed by atoms with E-state index in [-0.39, 0.29) is 19.0 Å². The Hall–Kier alpha value is -2.76. The molecule has 0 radical (unpaired) electrons. The summed E-state index contributed by atoms with van der Waals surface area (Å²) in [5.74, 6) is -2.39. The Kier molecular flexibility index (Phi) is 7.33. The van der Waals surface area contributed by atoms with E-state index in [1.54, 1.807) is 13.0 Å². The molecule has 29 heavy (non-hydrogen) atoms. The molecular formula is C23H25F2NO3. The van der Waals surface area contributed by atoms with Crippen LogP contribution < -0.4 is 4.74 Å². The molecule has 0 bridgehead atoms. The number of hydrogen-bond acceptors (Lipinski definition) is 4. The number of hydrogen-bond donors (Lipinski definition) is 0. The van der Waals surface area contributed by atoms with Crippen molar-refractivity contribution in [1.82, 2.24) is 4.98 Å². The average Bonchev–Trinajstić information content (AvgIpc) is 3.20. The lowest BCUT2D eigenvalue weighted by atomic mass is 10.1. The fourth-order valence-corrected chi connectivity index (χ4v) is 3.34. The molecule has 0 unspecified atom stereocenters. The van der Waals surface area contributed by atoms with Gasteiger partial charge in [-0.15, -0.1) is 0 Å². The first-order valence-corrected chi connectivity index (χ1v) is 10.0. The first-order valence-electron chi connectivity index (χ1n) is 10.0. The maximum absolute atomic E-state index is 14.4. The van der Waals surface area contributed by atoms with E-state index in [1.807, 2.05) is 12.1 Å². The summed E-state index contributed by atoms with van der Waals surface area (Å²) in [6.45, 7) is 2.04. The van der Waals surface area contributed by atoms with Gasteiger partial charge in [-0.05, 0) is 69.4 Å². The van der Waals surface area contributed by atoms with Gasteiger partial charge in [0, 0.05) is 12.0 Å². The first-order chi connectivity index (χ1) is 14.1. The standard InChI is InChI=1S/C23H25F2NO3/c1-2-28-22(27)11-6-12-29-23-19(24)14-17(15-20(23)25)21-10-5-9-18(26-21)13-16-7-3-4-8-16/h5,9-10,13-15H,2-4,6-8,11-12H2,1H3. The molecule has 0 amide bonds. The molecule has 6 heteroatoms. The number of ether oxygens (including phenoxy) is 2. The second-order valence-electron chi connectivity index (χ2n) is 6.98. The van der Waals surface area contributed by atoms with Gasteiger partial charge >= 0.3 is 5.97 Å². The summed E-state index contributed by atoms with van der Waals surface area (Å²) in [6.07, 6.45) is 7.07. The predicted molar refractivity (Wildman–Crippen MR) is 107 cm³/mol. The molecular weight excluding hydrogens is 376 g/mol. The first kappa shape index (κ1) is 21.0. The maximum atomic E-state index is 14.4. The Bertz CT molecular complexity index is 864. The normalized spacial score (nSPS) is 13.4. The highest BCUT2D eigenvalue weighted by Gasteiger charge is 2.15. The summed E-state index contributed by atoms with van der Waals surface area (Å²) in [4.78, 5) is 15.8. The quantitative estimate of drug-likeness (QED) is 0.420. The third kappa shape index (κ3) is 5.86. The van der Waals surface area contributed by atoms with Gasteiger partial charge in [0.15, 0.2) is 17.4 Å². The number of benzene rings is 1. The third-order valence-corrected chi connectivity index (χ3v) is 4.74. The molecule has 2 aromatic rings. The molecule has 3 rings (SSSR count). The van der Waals surface area contributed by atoms with Crippen molar-refractivity contribution in [3.63, 3.8) is 0 Å². The number of carbonyl (C=O) groups is 1. The minimum atomic E-state index is -0.794. The van der Waals surface area contributed by atoms with Crippen LogP contribution >= 0.6 is 0 Å². The van der Waals surface area contributed by atoms with Crippen molar-refractivity contribution in [3.8, 4) is 17.0 Å². The van der Waals surface area contributed by atoms with Crippen molar-refractivity contribution in [1.29, 1.82) is 0 Å². The number of rotatable bonds is 8. The third-order valence-electron chi connectivity index (χ3n) is 4.74. The van der Waals surface area contributed by atoms with E-state index in [1.165, 1.54) is 30.5 Å². The molecule has 0 N–H and O–H groups in total. The summed E-state index contributed by atoms with van der Waals surface area (Å²) >= 11 is 0. The lowest BCUT2D eigenvalue weighted by Crippen LogP contribution is -2.08. The van der Waals surface area contributed by atoms with E-state index in [0.717, 1.165) is 18.5 Å². The van der Waals surface area contributed by atoms with Crippen molar-refractivity contribution in [2.24, 2.45) is 0 Å². The van der Waals surface area contributed by atoms with Gasteiger partial charge in [0.1, 0.15) is 0 Å². The zero-order valence-corrected chi connectivity index (χ0v) is 16.5. The highest BCUT2D eigenvalue weighted by molar-refractivity contribution is 5.69. The van der Waals surface area contributed by atoms with Crippen LogP contribution in [0.1, 0.15) is 51.1 Å². The van der Waals surface area contributed by atoms with Crippen molar-refractivity contribution in [2.75, 3.05) is 13.2 Å². The van der Waals surface area contributed by atoms with Gasteiger partial charge in [0.2, 0.25) is 0 Å². The van der Waals surface area contributed by atoms with Crippen LogP contribution in [0.25, 0.3) is 17.3 Å². The molecule has 154 valence electrons. The van der Waals surface area contributed by atoms with Crippen molar-refractivity contribution < 1.29 is 23.0 Å². The number of aromatic nitrogens is 1. The van der Waals surface area contributed by atoms with E-state index in [0.29, 0.717) is 24.3 Å². The number of nitrogens with zero attached hydrogens (tertiary/aromatic N) is 1. The smallest absolute Gasteiger partial charge is 0.305 e. The van der Waals surface area contributed by atoms with Gasteiger partial charge < -0.3 is 9.47 Å². The molecule has 1 fully saturated rings. The fraction of sp³-hybridized carbons (Fsp3) is 0.391. The maximum Gasteiger partial charge on any atom is 0.305 e. The molecule has 1 saturated carbocycles. The summed E-state index contributed by atoms with van der Waals surface area (Å²) in [5, 5.41) is 0. The molecule has 1 aliphatic rings. The number of allylic oxidation sites excluding steroid dienone is 1. The molecule has 0 spiro atoms. The molecule has 4 nitrogen and oxygen atoms in total. The van der Waals surface area contributed by atoms with Gasteiger partial charge in [-0.25, -0.2) is 13.8 Å². The van der Waals surface area contributed by atoms with E-state index in [4.69, 9.17) is 9.47 Å². The molecule has 1 aliphatic carbocycles. The average molecular weight is 401 g/mol. The Labute approximate surface area is 169 Å². The van der Waals surface area contributed by atoms with Crippen LogP contribution in [0.15, 0.2) is 35.9 Å². The van der Waals surface area contributed by atoms with Crippen LogP contribution in [0, 0.1) is 11.6 Å². The van der Waals surface area contributed by atoms with Crippen LogP contribution in [0.3, 0.4) is 0 Å². The number of esters is 1. The van der Waals surface area contributed by atoms with Crippen molar-refractivity contribution >= 4 is 12.0 Å². The van der Waals surface area contributed by atoms with Crippen LogP contribution in [-0.2, 0) is 9.53 Å². The zero-order chi connectivity index (χ0) is 20.6. The Balaban J connectivity index is 1.69. The topological polar surface area (TPSA) is 48.4 Å². The minimum Gasteiger partial charge on any atom is -0.488 e. The zero-order valence-electron chi connectivity index (χ0n) is 16.5. The van der Waals surface area contributed by atoms with Gasteiger partial charge in [0.05, 0.1) is 24.6 Å². The summed E-state index contributed by atoms with van der Waals surface area (Å²) in [7, 11) is 0. The van der Waals surface area contributed by atoms with E-state index < -0.39 is 17.4 Å². The van der Waals surface area contributed by atoms with E-state index in [9.17, 15) is 13.6 Å². The highest BCUT2D eigenvalue weighted by Crippen LogP contribution is 2.29. The van der Waals surface area contributed by atoms with Gasteiger partial charge in [-0.1, -0.05) is 11.6 Å². The van der Waals surface area contributed by atoms with E-state index in [2.05, 4.69) is 11.1 Å². The molecule has 0 saturated heterocycles. The second-order valence-corrected chi connectivity index (χ2v) is 6.98. The predicted octanol–water partition coefficient (Wildman–Crippen LogP) is 5.71. The van der Waals surface area contributed by atoms with Gasteiger partial charge in [-0.3, -0.25) is 4.79 Å². The van der Waals surface area contributed by atoms with Crippen LogP contribution in [0.5, 0.6) is 5.75 Å². The molecule has 1 aromatic heterocycles. The molecule has 1 aromatic carbocycles. The van der Waals surface area contributed by atoms with Crippen LogP contribution in [0.2, 0.25) is 0 Å². The minimum absolute atomic E-state index is 0.0211. The van der Waals surface area contributed by atoms with Crippen molar-refractivity contribution in [3.05, 3.63) is 53.2 Å². The monoisotopic (exact) mass is 401 g/mol. The molecule has 0 atom stereocenters. The lowest BCUT2D eigenvalue weighted by Gasteiger charge is -2.10. The van der Waals surface area contributed by atoms with E-state index >= 15 is 0 Å². The number of halogens is 2. The number of pyridine rings is 1. The van der Waals surface area contributed by atoms with Crippen LogP contribution in [-0.4, -0.2) is 24.2 Å². The Morgan fingerprint density at radius 1 is 1.17 bits per heavy atom. The molecule has 1 heterocycles. The summed E-state index contributed by atoms with van der Waals surface area (Å²) < 4.78 is 38.9. The Morgan fingerprint density at radius 2 is 1.90 bits per heavy atom. The van der Waals surface area contributed by atoms with Gasteiger partial charge in [0.25, 0.3) is 0 Å². The highest BCUT2D eigenvalue weighted by atomic mass is 19.1. The Morgan fingerprint density at radius 3 is 2.59 bits per heavy atom. The van der Waals surface area contributed by atoms with Crippen molar-refractivity contribution in [2.45, 2.75) is 45.4 Å². The summed E-state index contributed by atoms with van der Waals surface area (Å²) in [6, 6.07) is 7.89. The SMILES string of the molecule is CCOC(=O)CCCOc1c(F)cc(-c2cccc(C=C3CCCC3)n2)cc1F. The van der Waals surface area contributed by atoms with Crippen LogP contribution in [0.4, 0.5) is 8.78 Å². The lowest BCUT2D eigenvalue weighted by molar-refractivity contribution is -0.143. The second kappa shape index (κ2) is 10.1. The fourth-order valence-electron chi connectivity index (χ4n) is 3.34.